The maximum atomic E-state index is 13.0. The van der Waals surface area contributed by atoms with E-state index in [1.54, 1.807) is 12.3 Å². The van der Waals surface area contributed by atoms with E-state index >= 15 is 0 Å². The topological polar surface area (TPSA) is 86.4 Å². The third-order valence-corrected chi connectivity index (χ3v) is 7.27. The van der Waals surface area contributed by atoms with Crippen LogP contribution in [0.3, 0.4) is 0 Å². The van der Waals surface area contributed by atoms with Crippen molar-refractivity contribution < 1.29 is 9.53 Å². The van der Waals surface area contributed by atoms with E-state index in [1.165, 1.54) is 0 Å². The number of morpholine rings is 1. The van der Waals surface area contributed by atoms with E-state index in [1.807, 2.05) is 54.1 Å². The van der Waals surface area contributed by atoms with Crippen LogP contribution in [-0.4, -0.2) is 66.0 Å². The van der Waals surface area contributed by atoms with Gasteiger partial charge in [-0.3, -0.25) is 14.4 Å². The first-order valence-corrected chi connectivity index (χ1v) is 12.6. The number of nitrogens with zero attached hydrogens (tertiary/aromatic N) is 5. The lowest BCUT2D eigenvalue weighted by molar-refractivity contribution is 0.0115. The van der Waals surface area contributed by atoms with Crippen LogP contribution in [0, 0.1) is 18.3 Å². The maximum Gasteiger partial charge on any atom is 0.259 e. The van der Waals surface area contributed by atoms with Gasteiger partial charge < -0.3 is 15.0 Å². The van der Waals surface area contributed by atoms with Crippen LogP contribution in [0.2, 0.25) is 0 Å². The average molecular weight is 501 g/mol. The molecule has 0 aliphatic carbocycles. The molecule has 1 amide bonds. The highest BCUT2D eigenvalue weighted by atomic mass is 16.5. The zero-order valence-electron chi connectivity index (χ0n) is 20.7. The summed E-state index contributed by atoms with van der Waals surface area (Å²) in [7, 11) is 0. The molecule has 1 aromatic heterocycles. The third-order valence-electron chi connectivity index (χ3n) is 7.27. The zero-order valence-corrected chi connectivity index (χ0v) is 20.7. The minimum absolute atomic E-state index is 0. The summed E-state index contributed by atoms with van der Waals surface area (Å²) in [5, 5.41) is 17.2. The van der Waals surface area contributed by atoms with E-state index < -0.39 is 0 Å². The van der Waals surface area contributed by atoms with Crippen LogP contribution in [0.5, 0.6) is 0 Å². The molecule has 37 heavy (non-hydrogen) atoms. The van der Waals surface area contributed by atoms with Crippen molar-refractivity contribution in [2.75, 3.05) is 49.6 Å². The van der Waals surface area contributed by atoms with Gasteiger partial charge in [-0.15, -0.1) is 0 Å². The average Bonchev–Trinajstić information content (AvgIpc) is 3.29. The van der Waals surface area contributed by atoms with Crippen molar-refractivity contribution in [3.05, 3.63) is 77.1 Å². The molecule has 5 rings (SSSR count). The van der Waals surface area contributed by atoms with Crippen LogP contribution < -0.4 is 10.2 Å². The number of amides is 1. The van der Waals surface area contributed by atoms with Crippen molar-refractivity contribution in [2.24, 2.45) is 0 Å². The first-order valence-electron chi connectivity index (χ1n) is 12.6. The monoisotopic (exact) mass is 500 g/mol. The Labute approximate surface area is 219 Å². The number of anilines is 2. The molecular formula is C29H36N6O2. The summed E-state index contributed by atoms with van der Waals surface area (Å²) in [4.78, 5) is 17.8. The lowest BCUT2D eigenvalue weighted by Gasteiger charge is -2.41. The number of hydrogen-bond donors (Lipinski definition) is 1. The van der Waals surface area contributed by atoms with Crippen molar-refractivity contribution in [2.45, 2.75) is 39.8 Å². The first-order chi connectivity index (χ1) is 17.6. The molecule has 8 heteroatoms. The molecule has 2 aromatic carbocycles. The van der Waals surface area contributed by atoms with Crippen molar-refractivity contribution in [1.82, 2.24) is 14.7 Å². The minimum Gasteiger partial charge on any atom is -0.379 e. The Bertz CT molecular complexity index is 1240. The largest absolute Gasteiger partial charge is 0.379 e. The number of carbonyl (C=O) groups excluding carboxylic acids is 1. The molecule has 2 aliphatic rings. The molecule has 0 saturated carbocycles. The van der Waals surface area contributed by atoms with Gasteiger partial charge in [0.1, 0.15) is 6.07 Å². The van der Waals surface area contributed by atoms with Gasteiger partial charge in [-0.05, 0) is 43.5 Å². The second-order valence-corrected chi connectivity index (χ2v) is 9.45. The van der Waals surface area contributed by atoms with Gasteiger partial charge >= 0.3 is 0 Å². The molecule has 0 radical (unpaired) electrons. The van der Waals surface area contributed by atoms with Gasteiger partial charge in [0.05, 0.1) is 42.8 Å². The van der Waals surface area contributed by atoms with Crippen LogP contribution in [0.25, 0.3) is 0 Å². The summed E-state index contributed by atoms with van der Waals surface area (Å²) in [6.07, 6.45) is 3.76. The van der Waals surface area contributed by atoms with E-state index in [2.05, 4.69) is 26.3 Å². The second kappa shape index (κ2) is 12.0. The summed E-state index contributed by atoms with van der Waals surface area (Å²) in [6, 6.07) is 18.6. The lowest BCUT2D eigenvalue weighted by Crippen LogP contribution is -2.49. The van der Waals surface area contributed by atoms with Gasteiger partial charge in [0.15, 0.2) is 0 Å². The number of nitrogens with one attached hydrogen (secondary N) is 1. The van der Waals surface area contributed by atoms with E-state index in [-0.39, 0.29) is 13.3 Å². The SMILES string of the molecule is C.Cc1c(C(=O)Nc2ccc(N3CCC(N4CCOCC4)CC3)c(C#N)c2)cnn1Cc1ccccc1. The minimum atomic E-state index is -0.227. The highest BCUT2D eigenvalue weighted by Crippen LogP contribution is 2.28. The molecule has 0 bridgehead atoms. The summed E-state index contributed by atoms with van der Waals surface area (Å²) < 4.78 is 7.32. The zero-order chi connectivity index (χ0) is 24.9. The van der Waals surface area contributed by atoms with Gasteiger partial charge in [-0.2, -0.15) is 10.4 Å². The third kappa shape index (κ3) is 6.01. The quantitative estimate of drug-likeness (QED) is 0.543. The van der Waals surface area contributed by atoms with Crippen molar-refractivity contribution in [3.8, 4) is 6.07 Å². The van der Waals surface area contributed by atoms with Gasteiger partial charge in [-0.25, -0.2) is 0 Å². The van der Waals surface area contributed by atoms with E-state index in [4.69, 9.17) is 4.74 Å². The van der Waals surface area contributed by atoms with Crippen molar-refractivity contribution in [3.63, 3.8) is 0 Å². The molecule has 1 N–H and O–H groups in total. The predicted octanol–water partition coefficient (Wildman–Crippen LogP) is 4.30. The van der Waals surface area contributed by atoms with E-state index in [0.717, 1.165) is 69.2 Å². The molecule has 2 fully saturated rings. The highest BCUT2D eigenvalue weighted by molar-refractivity contribution is 6.05. The first kappa shape index (κ1) is 26.4. The second-order valence-electron chi connectivity index (χ2n) is 9.45. The van der Waals surface area contributed by atoms with E-state index in [9.17, 15) is 10.1 Å². The summed E-state index contributed by atoms with van der Waals surface area (Å²) >= 11 is 0. The number of piperidine rings is 1. The fraction of sp³-hybridized carbons (Fsp3) is 0.414. The van der Waals surface area contributed by atoms with Crippen LogP contribution >= 0.6 is 0 Å². The predicted molar refractivity (Wildman–Crippen MR) is 146 cm³/mol. The number of aromatic nitrogens is 2. The number of rotatable bonds is 6. The molecule has 0 unspecified atom stereocenters. The van der Waals surface area contributed by atoms with Gasteiger partial charge in [0.25, 0.3) is 5.91 Å². The van der Waals surface area contributed by atoms with Gasteiger partial charge in [-0.1, -0.05) is 37.8 Å². The maximum absolute atomic E-state index is 13.0. The van der Waals surface area contributed by atoms with Crippen LogP contribution in [0.4, 0.5) is 11.4 Å². The number of ether oxygens (including phenoxy) is 1. The normalized spacial score (nSPS) is 16.6. The number of hydrogen-bond acceptors (Lipinski definition) is 6. The molecule has 0 spiro atoms. The molecule has 8 nitrogen and oxygen atoms in total. The summed E-state index contributed by atoms with van der Waals surface area (Å²) in [5.41, 5.74) is 4.57. The molecule has 194 valence electrons. The Hall–Kier alpha value is -3.67. The number of carbonyl (C=O) groups is 1. The summed E-state index contributed by atoms with van der Waals surface area (Å²) in [5.74, 6) is -0.227. The Morgan fingerprint density at radius 2 is 1.84 bits per heavy atom. The van der Waals surface area contributed by atoms with Crippen molar-refractivity contribution in [1.29, 1.82) is 5.26 Å². The standard InChI is InChI=1S/C28H32N6O2.CH4/c1-21-26(19-30-34(21)20-22-5-3-2-4-6-22)28(35)31-24-7-8-27(23(17-24)18-29)33-11-9-25(10-12-33)32-13-15-36-16-14-32;/h2-8,17,19,25H,9-16,20H2,1H3,(H,31,35);1H4. The number of benzene rings is 2. The Kier molecular flexibility index (Phi) is 8.59. The fourth-order valence-electron chi connectivity index (χ4n) is 5.18. The Balaban J connectivity index is 0.00000320. The molecule has 2 aliphatic heterocycles. The molecule has 0 atom stereocenters. The van der Waals surface area contributed by atoms with Crippen LogP contribution in [0.15, 0.2) is 54.7 Å². The molecular weight excluding hydrogens is 464 g/mol. The molecule has 3 heterocycles. The van der Waals surface area contributed by atoms with E-state index in [0.29, 0.717) is 29.4 Å². The Morgan fingerprint density at radius 1 is 1.11 bits per heavy atom. The molecule has 3 aromatic rings. The Morgan fingerprint density at radius 3 is 2.54 bits per heavy atom. The van der Waals surface area contributed by atoms with Crippen LogP contribution in [0.1, 0.15) is 47.4 Å². The van der Waals surface area contributed by atoms with Gasteiger partial charge in [0, 0.05) is 43.6 Å². The van der Waals surface area contributed by atoms with Gasteiger partial charge in [0.2, 0.25) is 0 Å². The highest BCUT2D eigenvalue weighted by Gasteiger charge is 2.27. The van der Waals surface area contributed by atoms with Crippen molar-refractivity contribution >= 4 is 17.3 Å². The van der Waals surface area contributed by atoms with Crippen LogP contribution in [-0.2, 0) is 11.3 Å². The summed E-state index contributed by atoms with van der Waals surface area (Å²) in [6.45, 7) is 7.99. The molecule has 2 saturated heterocycles. The smallest absolute Gasteiger partial charge is 0.259 e. The lowest BCUT2D eigenvalue weighted by atomic mass is 10.0. The fourth-order valence-corrected chi connectivity index (χ4v) is 5.18. The number of nitriles is 1.